The first kappa shape index (κ1) is 31.2. The van der Waals surface area contributed by atoms with Crippen molar-refractivity contribution in [2.75, 3.05) is 20.4 Å². The van der Waals surface area contributed by atoms with E-state index in [1.807, 2.05) is 48.9 Å². The number of unbranched alkanes of at least 4 members (excludes halogenated alkanes) is 1. The maximum atomic E-state index is 13.4. The van der Waals surface area contributed by atoms with Crippen LogP contribution < -0.4 is 14.8 Å². The zero-order valence-corrected chi connectivity index (χ0v) is 25.6. The van der Waals surface area contributed by atoms with Crippen LogP contribution >= 0.6 is 22.7 Å². The number of carboxylic acids is 1. The number of benzene rings is 1. The molecule has 0 spiro atoms. The van der Waals surface area contributed by atoms with Gasteiger partial charge in [-0.2, -0.15) is 0 Å². The molecular weight excluding hydrogens is 578 g/mol. The zero-order valence-electron chi connectivity index (χ0n) is 24.0. The van der Waals surface area contributed by atoms with Crippen molar-refractivity contribution in [2.45, 2.75) is 64.2 Å². The van der Waals surface area contributed by atoms with Crippen LogP contribution in [-0.4, -0.2) is 59.5 Å². The molecule has 0 radical (unpaired) electrons. The molecule has 2 aromatic heterocycles. The number of thiophene rings is 2. The fraction of sp³-hybridized carbons (Fsp3) is 0.433. The SMILES string of the molecule is CCCC[C@@H](COC(=O)N(Cc1cccs1)C(C)c1cccs1)NC(=O)N(C)[C@@H](CC(=O)O)c1ccc2c(c1)OCO2. The third-order valence-electron chi connectivity index (χ3n) is 7.14. The first-order valence-electron chi connectivity index (χ1n) is 13.9. The minimum Gasteiger partial charge on any atom is -0.481 e. The van der Waals surface area contributed by atoms with Gasteiger partial charge in [-0.1, -0.05) is 38.0 Å². The third kappa shape index (κ3) is 8.16. The molecule has 12 heteroatoms. The summed E-state index contributed by atoms with van der Waals surface area (Å²) in [6, 6.07) is 11.2. The van der Waals surface area contributed by atoms with Crippen LogP contribution in [0.15, 0.2) is 53.2 Å². The van der Waals surface area contributed by atoms with Gasteiger partial charge in [0.25, 0.3) is 0 Å². The maximum Gasteiger partial charge on any atom is 0.410 e. The van der Waals surface area contributed by atoms with Gasteiger partial charge in [0.2, 0.25) is 6.79 Å². The molecule has 3 heterocycles. The number of nitrogens with one attached hydrogen (secondary N) is 1. The van der Waals surface area contributed by atoms with Crippen LogP contribution in [0.4, 0.5) is 9.59 Å². The van der Waals surface area contributed by atoms with E-state index in [1.54, 1.807) is 52.8 Å². The highest BCUT2D eigenvalue weighted by molar-refractivity contribution is 7.10. The molecule has 3 aromatic rings. The van der Waals surface area contributed by atoms with Crippen LogP contribution in [0, 0.1) is 0 Å². The van der Waals surface area contributed by atoms with Crippen LogP contribution in [0.25, 0.3) is 0 Å². The summed E-state index contributed by atoms with van der Waals surface area (Å²) in [5, 5.41) is 16.5. The van der Waals surface area contributed by atoms with Gasteiger partial charge < -0.3 is 29.5 Å². The molecule has 0 saturated heterocycles. The van der Waals surface area contributed by atoms with E-state index in [-0.39, 0.29) is 25.9 Å². The Kier molecular flexibility index (Phi) is 11.1. The molecule has 0 aliphatic carbocycles. The number of carbonyl (C=O) groups excluding carboxylic acids is 2. The normalized spacial score (nSPS) is 14.1. The van der Waals surface area contributed by atoms with Crippen LogP contribution in [0.2, 0.25) is 0 Å². The number of carbonyl (C=O) groups is 3. The average molecular weight is 616 g/mol. The molecule has 226 valence electrons. The van der Waals surface area contributed by atoms with Gasteiger partial charge >= 0.3 is 18.1 Å². The molecule has 10 nitrogen and oxygen atoms in total. The van der Waals surface area contributed by atoms with Crippen LogP contribution in [-0.2, 0) is 16.1 Å². The lowest BCUT2D eigenvalue weighted by molar-refractivity contribution is -0.138. The van der Waals surface area contributed by atoms with E-state index < -0.39 is 30.2 Å². The van der Waals surface area contributed by atoms with Crippen molar-refractivity contribution < 1.29 is 33.7 Å². The lowest BCUT2D eigenvalue weighted by atomic mass is 10.0. The third-order valence-corrected chi connectivity index (χ3v) is 9.05. The Bertz CT molecular complexity index is 1320. The standard InChI is InChI=1S/C30H37N3O7S2/c1-4-5-8-22(18-38-30(37)33(17-23-9-6-13-41-23)20(2)27-10-7-14-42-27)31-29(36)32(3)24(16-28(34)35)21-11-12-25-26(15-21)40-19-39-25/h6-7,9-15,20,22,24H,4-5,8,16-19H2,1-3H3,(H,31,36)(H,34,35)/t20?,22-,24-/m0/s1. The molecular formula is C30H37N3O7S2. The molecule has 2 N–H and O–H groups in total. The molecule has 0 fully saturated rings. The highest BCUT2D eigenvalue weighted by Crippen LogP contribution is 2.36. The fourth-order valence-corrected chi connectivity index (χ4v) is 6.20. The van der Waals surface area contributed by atoms with E-state index in [0.29, 0.717) is 30.0 Å². The van der Waals surface area contributed by atoms with E-state index in [1.165, 1.54) is 4.90 Å². The Labute approximate surface area is 253 Å². The van der Waals surface area contributed by atoms with Gasteiger partial charge in [-0.15, -0.1) is 22.7 Å². The maximum absolute atomic E-state index is 13.4. The predicted octanol–water partition coefficient (Wildman–Crippen LogP) is 6.65. The molecule has 1 aliphatic heterocycles. The molecule has 1 aliphatic rings. The number of urea groups is 1. The minimum atomic E-state index is -1.04. The lowest BCUT2D eigenvalue weighted by Gasteiger charge is -2.31. The first-order chi connectivity index (χ1) is 20.3. The summed E-state index contributed by atoms with van der Waals surface area (Å²) in [7, 11) is 1.56. The Morgan fingerprint density at radius 1 is 1.10 bits per heavy atom. The molecule has 3 amide bonds. The number of hydrogen-bond acceptors (Lipinski definition) is 8. The molecule has 1 unspecified atom stereocenters. The van der Waals surface area contributed by atoms with Crippen molar-refractivity contribution in [1.29, 1.82) is 0 Å². The van der Waals surface area contributed by atoms with Gasteiger partial charge in [-0.25, -0.2) is 9.59 Å². The first-order valence-corrected chi connectivity index (χ1v) is 15.7. The van der Waals surface area contributed by atoms with Crippen LogP contribution in [0.3, 0.4) is 0 Å². The zero-order chi connectivity index (χ0) is 30.1. The van der Waals surface area contributed by atoms with Crippen molar-refractivity contribution in [2.24, 2.45) is 0 Å². The second-order valence-corrected chi connectivity index (χ2v) is 12.1. The van der Waals surface area contributed by atoms with Crippen molar-refractivity contribution in [3.05, 3.63) is 68.5 Å². The Balaban J connectivity index is 1.44. The second-order valence-electron chi connectivity index (χ2n) is 10.1. The summed E-state index contributed by atoms with van der Waals surface area (Å²) in [6.07, 6.45) is 1.56. The van der Waals surface area contributed by atoms with Gasteiger partial charge in [0, 0.05) is 16.8 Å². The topological polar surface area (TPSA) is 118 Å². The van der Waals surface area contributed by atoms with Gasteiger partial charge in [0.15, 0.2) is 11.5 Å². The van der Waals surface area contributed by atoms with Gasteiger partial charge in [-0.3, -0.25) is 9.69 Å². The second kappa shape index (κ2) is 14.9. The summed E-state index contributed by atoms with van der Waals surface area (Å²) in [6.45, 7) is 4.52. The Morgan fingerprint density at radius 3 is 2.55 bits per heavy atom. The highest BCUT2D eigenvalue weighted by Gasteiger charge is 2.29. The molecule has 4 rings (SSSR count). The van der Waals surface area contributed by atoms with E-state index >= 15 is 0 Å². The number of aliphatic carboxylic acids is 1. The lowest BCUT2D eigenvalue weighted by Crippen LogP contribution is -2.47. The molecule has 0 bridgehead atoms. The molecule has 0 saturated carbocycles. The summed E-state index contributed by atoms with van der Waals surface area (Å²) in [4.78, 5) is 43.7. The fourth-order valence-electron chi connectivity index (χ4n) is 4.70. The number of rotatable bonds is 14. The molecule has 3 atom stereocenters. The van der Waals surface area contributed by atoms with Crippen LogP contribution in [0.5, 0.6) is 11.5 Å². The quantitative estimate of drug-likeness (QED) is 0.208. The summed E-state index contributed by atoms with van der Waals surface area (Å²) in [5.41, 5.74) is 0.614. The largest absolute Gasteiger partial charge is 0.481 e. The Hall–Kier alpha value is -3.77. The van der Waals surface area contributed by atoms with Crippen molar-refractivity contribution in [3.63, 3.8) is 0 Å². The van der Waals surface area contributed by atoms with E-state index in [4.69, 9.17) is 14.2 Å². The summed E-state index contributed by atoms with van der Waals surface area (Å²) < 4.78 is 16.6. The number of fused-ring (bicyclic) bond motifs is 1. The van der Waals surface area contributed by atoms with E-state index in [0.717, 1.165) is 22.6 Å². The Morgan fingerprint density at radius 2 is 1.86 bits per heavy atom. The van der Waals surface area contributed by atoms with Crippen molar-refractivity contribution >= 4 is 40.8 Å². The summed E-state index contributed by atoms with van der Waals surface area (Å²) >= 11 is 3.16. The number of hydrogen-bond donors (Lipinski definition) is 2. The number of amides is 3. The van der Waals surface area contributed by atoms with Gasteiger partial charge in [0.05, 0.1) is 31.1 Å². The van der Waals surface area contributed by atoms with Crippen LogP contribution in [0.1, 0.15) is 66.9 Å². The predicted molar refractivity (Wildman–Crippen MR) is 161 cm³/mol. The molecule has 1 aromatic carbocycles. The minimum absolute atomic E-state index is 0.00979. The van der Waals surface area contributed by atoms with Crippen molar-refractivity contribution in [3.8, 4) is 11.5 Å². The van der Waals surface area contributed by atoms with Crippen molar-refractivity contribution in [1.82, 2.24) is 15.1 Å². The monoisotopic (exact) mass is 615 g/mol. The smallest absolute Gasteiger partial charge is 0.410 e. The number of nitrogens with zero attached hydrogens (tertiary/aromatic N) is 2. The highest BCUT2D eigenvalue weighted by atomic mass is 32.1. The van der Waals surface area contributed by atoms with Gasteiger partial charge in [0.1, 0.15) is 6.61 Å². The average Bonchev–Trinajstić information content (AvgIpc) is 3.78. The van der Waals surface area contributed by atoms with E-state index in [2.05, 4.69) is 5.32 Å². The number of carboxylic acid groups (broad SMARTS) is 1. The van der Waals surface area contributed by atoms with Gasteiger partial charge in [-0.05, 0) is 53.9 Å². The van der Waals surface area contributed by atoms with E-state index in [9.17, 15) is 19.5 Å². The summed E-state index contributed by atoms with van der Waals surface area (Å²) in [5.74, 6) is 0.0377. The number of ether oxygens (including phenoxy) is 3. The molecule has 42 heavy (non-hydrogen) atoms.